The lowest BCUT2D eigenvalue weighted by atomic mass is 10.2. The Morgan fingerprint density at radius 1 is 0.861 bits per heavy atom. The maximum Gasteiger partial charge on any atom is 0.253 e. The van der Waals surface area contributed by atoms with E-state index in [0.29, 0.717) is 25.5 Å². The summed E-state index contributed by atoms with van der Waals surface area (Å²) in [6, 6.07) is 25.3. The molecular weight excluding hydrogens is 452 g/mol. The Hall–Kier alpha value is -4.46. The van der Waals surface area contributed by atoms with Gasteiger partial charge in [-0.2, -0.15) is 0 Å². The highest BCUT2D eigenvalue weighted by molar-refractivity contribution is 5.94. The van der Waals surface area contributed by atoms with Gasteiger partial charge in [-0.25, -0.2) is 9.38 Å². The molecule has 1 aliphatic heterocycles. The molecule has 0 saturated carbocycles. The van der Waals surface area contributed by atoms with Gasteiger partial charge in [0.2, 0.25) is 5.95 Å². The number of hydrogen-bond donors (Lipinski definition) is 0. The third-order valence-electron chi connectivity index (χ3n) is 6.64. The average Bonchev–Trinajstić information content (AvgIpc) is 3.24. The van der Waals surface area contributed by atoms with Crippen molar-refractivity contribution in [2.24, 2.45) is 0 Å². The van der Waals surface area contributed by atoms with Gasteiger partial charge in [-0.3, -0.25) is 4.79 Å². The van der Waals surface area contributed by atoms with Crippen LogP contribution in [0.1, 0.15) is 16.8 Å². The number of fused-ring (bicyclic) bond motifs is 3. The van der Waals surface area contributed by atoms with E-state index < -0.39 is 0 Å². The lowest BCUT2D eigenvalue weighted by Crippen LogP contribution is -2.35. The van der Waals surface area contributed by atoms with Crippen LogP contribution in [0.2, 0.25) is 0 Å². The third kappa shape index (κ3) is 3.90. The molecule has 0 spiro atoms. The minimum absolute atomic E-state index is 0.0652. The van der Waals surface area contributed by atoms with Gasteiger partial charge in [-0.15, -0.1) is 10.2 Å². The van der Waals surface area contributed by atoms with Crippen molar-refractivity contribution in [3.8, 4) is 17.1 Å². The quantitative estimate of drug-likeness (QED) is 0.383. The average molecular weight is 479 g/mol. The van der Waals surface area contributed by atoms with Crippen molar-refractivity contribution in [2.45, 2.75) is 6.42 Å². The van der Waals surface area contributed by atoms with Crippen LogP contribution < -0.4 is 9.64 Å². The molecule has 36 heavy (non-hydrogen) atoms. The van der Waals surface area contributed by atoms with Crippen LogP contribution in [0.5, 0.6) is 5.75 Å². The van der Waals surface area contributed by atoms with Crippen molar-refractivity contribution in [2.75, 3.05) is 38.2 Å². The fourth-order valence-electron chi connectivity index (χ4n) is 4.81. The molecule has 1 aliphatic rings. The van der Waals surface area contributed by atoms with Gasteiger partial charge in [-0.1, -0.05) is 42.5 Å². The van der Waals surface area contributed by atoms with Gasteiger partial charge in [0, 0.05) is 42.7 Å². The second-order valence-electron chi connectivity index (χ2n) is 8.84. The highest BCUT2D eigenvalue weighted by Crippen LogP contribution is 2.30. The molecule has 0 radical (unpaired) electrons. The number of carbonyl (C=O) groups excluding carboxylic acids is 1. The molecule has 0 bridgehead atoms. The molecule has 8 nitrogen and oxygen atoms in total. The molecule has 5 aromatic rings. The summed E-state index contributed by atoms with van der Waals surface area (Å²) in [7, 11) is 1.65. The van der Waals surface area contributed by atoms with Gasteiger partial charge in [0.05, 0.1) is 12.6 Å². The number of para-hydroxylation sites is 1. The van der Waals surface area contributed by atoms with E-state index in [9.17, 15) is 4.79 Å². The fraction of sp³-hybridized carbons (Fsp3) is 0.214. The lowest BCUT2D eigenvalue weighted by Gasteiger charge is -2.24. The SMILES string of the molecule is COc1cccc(-c2nnc3c4ccccc4nc(N4CCCN(C(=O)c5ccccc5)CC4)n23)c1. The van der Waals surface area contributed by atoms with Crippen molar-refractivity contribution in [3.63, 3.8) is 0 Å². The Bertz CT molecular complexity index is 1550. The molecule has 6 rings (SSSR count). The van der Waals surface area contributed by atoms with E-state index in [1.54, 1.807) is 7.11 Å². The Labute approximate surface area is 208 Å². The van der Waals surface area contributed by atoms with Crippen LogP contribution in [0.3, 0.4) is 0 Å². The number of nitrogens with zero attached hydrogens (tertiary/aromatic N) is 6. The first-order chi connectivity index (χ1) is 17.7. The molecule has 3 heterocycles. The van der Waals surface area contributed by atoms with E-state index in [2.05, 4.69) is 15.1 Å². The Morgan fingerprint density at radius 3 is 2.56 bits per heavy atom. The van der Waals surface area contributed by atoms with Crippen molar-refractivity contribution < 1.29 is 9.53 Å². The molecular formula is C28H26N6O2. The van der Waals surface area contributed by atoms with Crippen LogP contribution >= 0.6 is 0 Å². The number of aromatic nitrogens is 4. The second kappa shape index (κ2) is 9.30. The Balaban J connectivity index is 1.42. The van der Waals surface area contributed by atoms with Crippen molar-refractivity contribution in [1.82, 2.24) is 24.5 Å². The summed E-state index contributed by atoms with van der Waals surface area (Å²) >= 11 is 0. The zero-order valence-corrected chi connectivity index (χ0v) is 20.0. The zero-order valence-electron chi connectivity index (χ0n) is 20.0. The van der Waals surface area contributed by atoms with E-state index in [1.165, 1.54) is 0 Å². The van der Waals surface area contributed by atoms with Crippen molar-refractivity contribution in [1.29, 1.82) is 0 Å². The van der Waals surface area contributed by atoms with Crippen molar-refractivity contribution in [3.05, 3.63) is 84.4 Å². The standard InChI is InChI=1S/C28H26N6O2/c1-36-22-12-7-11-21(19-22)25-30-31-26-23-13-5-6-14-24(23)29-28(34(25)26)33-16-8-15-32(17-18-33)27(35)20-9-3-2-4-10-20/h2-7,9-14,19H,8,15-18H2,1H3. The molecule has 0 aliphatic carbocycles. The highest BCUT2D eigenvalue weighted by atomic mass is 16.5. The summed E-state index contributed by atoms with van der Waals surface area (Å²) in [4.78, 5) is 22.3. The van der Waals surface area contributed by atoms with E-state index >= 15 is 0 Å². The van der Waals surface area contributed by atoms with Gasteiger partial charge in [0.25, 0.3) is 5.91 Å². The molecule has 0 unspecified atom stereocenters. The Kier molecular flexibility index (Phi) is 5.69. The molecule has 3 aromatic carbocycles. The molecule has 0 atom stereocenters. The minimum Gasteiger partial charge on any atom is -0.497 e. The summed E-state index contributed by atoms with van der Waals surface area (Å²) in [5.74, 6) is 2.30. The van der Waals surface area contributed by atoms with Crippen LogP contribution in [-0.2, 0) is 0 Å². The minimum atomic E-state index is 0.0652. The summed E-state index contributed by atoms with van der Waals surface area (Å²) in [6.07, 6.45) is 0.838. The zero-order chi connectivity index (χ0) is 24.5. The summed E-state index contributed by atoms with van der Waals surface area (Å²) in [5, 5.41) is 10.1. The first-order valence-electron chi connectivity index (χ1n) is 12.1. The second-order valence-corrected chi connectivity index (χ2v) is 8.84. The van der Waals surface area contributed by atoms with E-state index in [1.807, 2.05) is 88.2 Å². The molecule has 2 aromatic heterocycles. The normalized spacial score (nSPS) is 14.2. The number of benzene rings is 3. The number of methoxy groups -OCH3 is 1. The predicted octanol–water partition coefficient (Wildman–Crippen LogP) is 4.31. The van der Waals surface area contributed by atoms with Gasteiger partial charge >= 0.3 is 0 Å². The number of amides is 1. The Morgan fingerprint density at radius 2 is 1.69 bits per heavy atom. The molecule has 1 fully saturated rings. The van der Waals surface area contributed by atoms with E-state index in [0.717, 1.165) is 52.3 Å². The number of ether oxygens (including phenoxy) is 1. The first-order valence-corrected chi connectivity index (χ1v) is 12.1. The summed E-state index contributed by atoms with van der Waals surface area (Å²) in [5.41, 5.74) is 3.24. The number of carbonyl (C=O) groups is 1. The van der Waals surface area contributed by atoms with Gasteiger partial charge < -0.3 is 14.5 Å². The van der Waals surface area contributed by atoms with Crippen LogP contribution in [0, 0.1) is 0 Å². The van der Waals surface area contributed by atoms with Crippen LogP contribution in [0.4, 0.5) is 5.95 Å². The largest absolute Gasteiger partial charge is 0.497 e. The topological polar surface area (TPSA) is 75.9 Å². The fourth-order valence-corrected chi connectivity index (χ4v) is 4.81. The van der Waals surface area contributed by atoms with Crippen molar-refractivity contribution >= 4 is 28.4 Å². The summed E-state index contributed by atoms with van der Waals surface area (Å²) in [6.45, 7) is 2.75. The van der Waals surface area contributed by atoms with Gasteiger partial charge in [-0.05, 0) is 42.8 Å². The van der Waals surface area contributed by atoms with E-state index in [4.69, 9.17) is 9.72 Å². The molecule has 1 amide bonds. The number of hydrogen-bond acceptors (Lipinski definition) is 6. The number of rotatable bonds is 4. The number of anilines is 1. The lowest BCUT2D eigenvalue weighted by molar-refractivity contribution is 0.0767. The predicted molar refractivity (Wildman–Crippen MR) is 139 cm³/mol. The maximum absolute atomic E-state index is 13.1. The molecule has 8 heteroatoms. The van der Waals surface area contributed by atoms with Gasteiger partial charge in [0.15, 0.2) is 11.5 Å². The highest BCUT2D eigenvalue weighted by Gasteiger charge is 2.25. The molecule has 0 N–H and O–H groups in total. The van der Waals surface area contributed by atoms with E-state index in [-0.39, 0.29) is 5.91 Å². The molecule has 1 saturated heterocycles. The monoisotopic (exact) mass is 478 g/mol. The summed E-state index contributed by atoms with van der Waals surface area (Å²) < 4.78 is 7.48. The maximum atomic E-state index is 13.1. The van der Waals surface area contributed by atoms with Crippen LogP contribution in [0.15, 0.2) is 78.9 Å². The molecule has 180 valence electrons. The van der Waals surface area contributed by atoms with Crippen LogP contribution in [0.25, 0.3) is 27.9 Å². The van der Waals surface area contributed by atoms with Crippen LogP contribution in [-0.4, -0.2) is 63.7 Å². The smallest absolute Gasteiger partial charge is 0.253 e. The van der Waals surface area contributed by atoms with Gasteiger partial charge in [0.1, 0.15) is 5.75 Å². The first kappa shape index (κ1) is 22.0. The third-order valence-corrected chi connectivity index (χ3v) is 6.64.